The first-order valence-corrected chi connectivity index (χ1v) is 4.64. The van der Waals surface area contributed by atoms with Crippen LogP contribution in [0.25, 0.3) is 0 Å². The largest absolute Gasteiger partial charge is 0.344 e. The van der Waals surface area contributed by atoms with Crippen LogP contribution in [0.1, 0.15) is 19.3 Å². The molecule has 0 unspecified atom stereocenters. The number of carbonyl (C=O) groups is 1. The Morgan fingerprint density at radius 1 is 1.25 bits per heavy atom. The zero-order valence-electron chi connectivity index (χ0n) is 7.79. The van der Waals surface area contributed by atoms with Crippen molar-refractivity contribution in [2.45, 2.75) is 31.3 Å². The second kappa shape index (κ2) is 2.73. The molecule has 0 aromatic carbocycles. The molecule has 0 radical (unpaired) electrons. The Balaban J connectivity index is 2.16. The van der Waals surface area contributed by atoms with Gasteiger partial charge in [0.25, 0.3) is 0 Å². The van der Waals surface area contributed by atoms with Crippen molar-refractivity contribution in [3.05, 3.63) is 0 Å². The van der Waals surface area contributed by atoms with E-state index >= 15 is 0 Å². The molecular weight excluding hydrogens is 152 g/mol. The van der Waals surface area contributed by atoms with Gasteiger partial charge in [0.05, 0.1) is 0 Å². The van der Waals surface area contributed by atoms with Gasteiger partial charge in [-0.1, -0.05) is 0 Å². The number of fused-ring (bicyclic) bond motifs is 2. The third-order valence-corrected chi connectivity index (χ3v) is 3.31. The predicted octanol–water partition coefficient (Wildman–Crippen LogP) is 0.311. The van der Waals surface area contributed by atoms with Crippen molar-refractivity contribution in [1.82, 2.24) is 9.80 Å². The van der Waals surface area contributed by atoms with Crippen molar-refractivity contribution in [2.24, 2.45) is 0 Å². The summed E-state index contributed by atoms with van der Waals surface area (Å²) in [6.45, 7) is 0.922. The Morgan fingerprint density at radius 2 is 1.92 bits per heavy atom. The number of rotatable bonds is 0. The van der Waals surface area contributed by atoms with E-state index in [1.807, 2.05) is 11.9 Å². The van der Waals surface area contributed by atoms with Crippen LogP contribution in [0.4, 0.5) is 0 Å². The van der Waals surface area contributed by atoms with Crippen LogP contribution in [0.3, 0.4) is 0 Å². The number of likely N-dealkylation sites (tertiary alicyclic amines) is 1. The van der Waals surface area contributed by atoms with E-state index in [4.69, 9.17) is 0 Å². The van der Waals surface area contributed by atoms with E-state index in [1.54, 1.807) is 0 Å². The van der Waals surface area contributed by atoms with Crippen molar-refractivity contribution in [1.29, 1.82) is 0 Å². The molecule has 0 aromatic rings. The average Bonchev–Trinajstić information content (AvgIpc) is 2.30. The summed E-state index contributed by atoms with van der Waals surface area (Å²) >= 11 is 0. The maximum atomic E-state index is 11.4. The van der Waals surface area contributed by atoms with Crippen molar-refractivity contribution in [2.75, 3.05) is 20.6 Å². The Morgan fingerprint density at radius 3 is 2.67 bits per heavy atom. The minimum absolute atomic E-state index is 0.314. The highest BCUT2D eigenvalue weighted by Gasteiger charge is 2.36. The summed E-state index contributed by atoms with van der Waals surface area (Å²) in [7, 11) is 4.06. The van der Waals surface area contributed by atoms with E-state index < -0.39 is 0 Å². The van der Waals surface area contributed by atoms with Gasteiger partial charge in [0, 0.05) is 32.1 Å². The van der Waals surface area contributed by atoms with Crippen LogP contribution >= 0.6 is 0 Å². The zero-order valence-corrected chi connectivity index (χ0v) is 7.79. The smallest absolute Gasteiger partial charge is 0.223 e. The molecule has 0 saturated carbocycles. The predicted molar refractivity (Wildman–Crippen MR) is 46.8 cm³/mol. The van der Waals surface area contributed by atoms with Crippen molar-refractivity contribution >= 4 is 5.91 Å². The normalized spacial score (nSPS) is 37.2. The average molecular weight is 168 g/mol. The molecule has 68 valence electrons. The molecule has 0 spiro atoms. The molecule has 2 saturated heterocycles. The second-order valence-electron chi connectivity index (χ2n) is 4.03. The molecule has 2 aliphatic rings. The SMILES string of the molecule is CN1C[C@H]2CC[C@H](CC1=O)N2C. The fourth-order valence-corrected chi connectivity index (χ4v) is 2.33. The maximum Gasteiger partial charge on any atom is 0.223 e. The van der Waals surface area contributed by atoms with Gasteiger partial charge < -0.3 is 4.90 Å². The summed E-state index contributed by atoms with van der Waals surface area (Å²) in [6.07, 6.45) is 3.20. The third kappa shape index (κ3) is 1.12. The Bertz CT molecular complexity index is 205. The molecule has 2 heterocycles. The monoisotopic (exact) mass is 168 g/mol. The van der Waals surface area contributed by atoms with E-state index in [0.29, 0.717) is 18.0 Å². The minimum Gasteiger partial charge on any atom is -0.344 e. The Hall–Kier alpha value is -0.570. The van der Waals surface area contributed by atoms with Gasteiger partial charge in [-0.25, -0.2) is 0 Å². The van der Waals surface area contributed by atoms with Crippen molar-refractivity contribution < 1.29 is 4.79 Å². The second-order valence-corrected chi connectivity index (χ2v) is 4.03. The lowest BCUT2D eigenvalue weighted by Gasteiger charge is -2.22. The third-order valence-electron chi connectivity index (χ3n) is 3.31. The zero-order chi connectivity index (χ0) is 8.72. The Kier molecular flexibility index (Phi) is 1.83. The van der Waals surface area contributed by atoms with E-state index in [2.05, 4.69) is 11.9 Å². The number of hydrogen-bond acceptors (Lipinski definition) is 2. The lowest BCUT2D eigenvalue weighted by atomic mass is 10.1. The van der Waals surface area contributed by atoms with Crippen molar-refractivity contribution in [3.63, 3.8) is 0 Å². The molecule has 2 aliphatic heterocycles. The first-order chi connectivity index (χ1) is 5.68. The van der Waals surface area contributed by atoms with Gasteiger partial charge in [0.15, 0.2) is 0 Å². The van der Waals surface area contributed by atoms with Gasteiger partial charge in [-0.3, -0.25) is 9.69 Å². The molecule has 0 aromatic heterocycles. The van der Waals surface area contributed by atoms with Gasteiger partial charge in [-0.15, -0.1) is 0 Å². The van der Waals surface area contributed by atoms with Gasteiger partial charge in [0.2, 0.25) is 5.91 Å². The first-order valence-electron chi connectivity index (χ1n) is 4.64. The molecular formula is C9H16N2O. The number of amides is 1. The van der Waals surface area contributed by atoms with Crippen LogP contribution in [0.2, 0.25) is 0 Å². The summed E-state index contributed by atoms with van der Waals surface area (Å²) in [6, 6.07) is 1.14. The summed E-state index contributed by atoms with van der Waals surface area (Å²) in [5, 5.41) is 0. The molecule has 3 heteroatoms. The van der Waals surface area contributed by atoms with Crippen LogP contribution < -0.4 is 0 Å². The number of likely N-dealkylation sites (N-methyl/N-ethyl adjacent to an activating group) is 2. The van der Waals surface area contributed by atoms with Crippen LogP contribution in [0.15, 0.2) is 0 Å². The summed E-state index contributed by atoms with van der Waals surface area (Å²) in [4.78, 5) is 15.7. The van der Waals surface area contributed by atoms with Crippen molar-refractivity contribution in [3.8, 4) is 0 Å². The summed E-state index contributed by atoms with van der Waals surface area (Å²) in [5.74, 6) is 0.314. The molecule has 12 heavy (non-hydrogen) atoms. The maximum absolute atomic E-state index is 11.4. The molecule has 2 atom stereocenters. The van der Waals surface area contributed by atoms with E-state index in [1.165, 1.54) is 12.8 Å². The van der Waals surface area contributed by atoms with Gasteiger partial charge >= 0.3 is 0 Å². The van der Waals surface area contributed by atoms with E-state index in [-0.39, 0.29) is 0 Å². The number of hydrogen-bond donors (Lipinski definition) is 0. The molecule has 2 bridgehead atoms. The highest BCUT2D eigenvalue weighted by atomic mass is 16.2. The van der Waals surface area contributed by atoms with E-state index in [0.717, 1.165) is 13.0 Å². The molecule has 0 N–H and O–H groups in total. The lowest BCUT2D eigenvalue weighted by molar-refractivity contribution is -0.130. The molecule has 1 amide bonds. The fourth-order valence-electron chi connectivity index (χ4n) is 2.33. The van der Waals surface area contributed by atoms with E-state index in [9.17, 15) is 4.79 Å². The van der Waals surface area contributed by atoms with Crippen LogP contribution in [0.5, 0.6) is 0 Å². The van der Waals surface area contributed by atoms with Gasteiger partial charge in [0.1, 0.15) is 0 Å². The quantitative estimate of drug-likeness (QED) is 0.520. The minimum atomic E-state index is 0.314. The molecule has 0 aliphatic carbocycles. The van der Waals surface area contributed by atoms with Crippen LogP contribution in [0, 0.1) is 0 Å². The molecule has 3 nitrogen and oxygen atoms in total. The number of carbonyl (C=O) groups excluding carboxylic acids is 1. The summed E-state index contributed by atoms with van der Waals surface area (Å²) < 4.78 is 0. The first kappa shape index (κ1) is 8.05. The lowest BCUT2D eigenvalue weighted by Crippen LogP contribution is -2.35. The fraction of sp³-hybridized carbons (Fsp3) is 0.889. The van der Waals surface area contributed by atoms with Gasteiger partial charge in [-0.05, 0) is 19.9 Å². The summed E-state index contributed by atoms with van der Waals surface area (Å²) in [5.41, 5.74) is 0. The van der Waals surface area contributed by atoms with Gasteiger partial charge in [-0.2, -0.15) is 0 Å². The van der Waals surface area contributed by atoms with Crippen LogP contribution in [-0.4, -0.2) is 48.4 Å². The highest BCUT2D eigenvalue weighted by molar-refractivity contribution is 5.77. The molecule has 2 rings (SSSR count). The topological polar surface area (TPSA) is 23.6 Å². The standard InChI is InChI=1S/C9H16N2O/c1-10-6-8-4-3-7(11(8)2)5-9(10)12/h7-8H,3-6H2,1-2H3/t7-,8-/m1/s1. The molecule has 2 fully saturated rings. The van der Waals surface area contributed by atoms with Crippen LogP contribution in [-0.2, 0) is 4.79 Å². The number of nitrogens with zero attached hydrogens (tertiary/aromatic N) is 2. The highest BCUT2D eigenvalue weighted by Crippen LogP contribution is 2.28. The Labute approximate surface area is 73.3 Å².